The number of benzene rings is 1. The molecule has 0 atom stereocenters. The number of carboxylic acids is 2. The second-order valence-corrected chi connectivity index (χ2v) is 6.13. The van der Waals surface area contributed by atoms with Gasteiger partial charge < -0.3 is 29.3 Å². The largest absolute Gasteiger partial charge is 0.545 e. The van der Waals surface area contributed by atoms with E-state index in [4.69, 9.17) is 9.47 Å². The second-order valence-electron chi connectivity index (χ2n) is 6.13. The Hall–Kier alpha value is -1.92. The number of rotatable bonds is 14. The van der Waals surface area contributed by atoms with Crippen molar-refractivity contribution in [3.63, 3.8) is 0 Å². The molecule has 1 rings (SSSR count). The summed E-state index contributed by atoms with van der Waals surface area (Å²) in [6.45, 7) is 6.13. The molecule has 0 aromatic heterocycles. The highest BCUT2D eigenvalue weighted by Crippen LogP contribution is 2.21. The van der Waals surface area contributed by atoms with E-state index in [0.29, 0.717) is 44.8 Å². The zero-order valence-corrected chi connectivity index (χ0v) is 15.7. The first-order valence-corrected chi connectivity index (χ1v) is 9.25. The zero-order valence-electron chi connectivity index (χ0n) is 15.7. The molecule has 146 valence electrons. The molecule has 0 saturated heterocycles. The van der Waals surface area contributed by atoms with Crippen LogP contribution >= 0.6 is 0 Å². The molecule has 0 aliphatic carbocycles. The molecule has 0 spiro atoms. The molecule has 0 radical (unpaired) electrons. The first-order valence-electron chi connectivity index (χ1n) is 9.25. The monoisotopic (exact) mass is 364 g/mol. The minimum absolute atomic E-state index is 0.304. The van der Waals surface area contributed by atoms with Gasteiger partial charge in [-0.3, -0.25) is 0 Å². The van der Waals surface area contributed by atoms with Crippen molar-refractivity contribution >= 4 is 11.9 Å². The van der Waals surface area contributed by atoms with Crippen molar-refractivity contribution in [2.24, 2.45) is 0 Å². The van der Waals surface area contributed by atoms with E-state index in [1.54, 1.807) is 6.07 Å². The molecular weight excluding hydrogens is 336 g/mol. The number of carbonyl (C=O) groups excluding carboxylic acids is 2. The van der Waals surface area contributed by atoms with Crippen molar-refractivity contribution in [2.45, 2.75) is 52.4 Å². The topological polar surface area (TPSA) is 98.7 Å². The van der Waals surface area contributed by atoms with Crippen molar-refractivity contribution in [1.29, 1.82) is 0 Å². The second kappa shape index (κ2) is 12.4. The van der Waals surface area contributed by atoms with E-state index >= 15 is 0 Å². The van der Waals surface area contributed by atoms with Gasteiger partial charge in [-0.2, -0.15) is 0 Å². The van der Waals surface area contributed by atoms with Crippen LogP contribution in [-0.2, 0) is 22.3 Å². The van der Waals surface area contributed by atoms with E-state index in [1.807, 2.05) is 0 Å². The highest BCUT2D eigenvalue weighted by Gasteiger charge is 2.15. The van der Waals surface area contributed by atoms with Gasteiger partial charge in [-0.15, -0.1) is 0 Å². The maximum atomic E-state index is 11.6. The van der Waals surface area contributed by atoms with Crippen LogP contribution in [0.4, 0.5) is 0 Å². The quantitative estimate of drug-likeness (QED) is 0.459. The number of hydrogen-bond acceptors (Lipinski definition) is 6. The van der Waals surface area contributed by atoms with E-state index in [9.17, 15) is 19.8 Å². The maximum Gasteiger partial charge on any atom is 0.0724 e. The third-order valence-electron chi connectivity index (χ3n) is 4.13. The van der Waals surface area contributed by atoms with Crippen molar-refractivity contribution in [3.8, 4) is 0 Å². The van der Waals surface area contributed by atoms with Crippen LogP contribution < -0.4 is 10.2 Å². The number of unbranched alkanes of at least 4 members (excludes halogenated alkanes) is 2. The zero-order chi connectivity index (χ0) is 19.4. The lowest BCUT2D eigenvalue weighted by molar-refractivity contribution is -0.259. The van der Waals surface area contributed by atoms with Crippen molar-refractivity contribution in [3.05, 3.63) is 34.4 Å². The summed E-state index contributed by atoms with van der Waals surface area (Å²) in [7, 11) is 0. The Bertz CT molecular complexity index is 582. The van der Waals surface area contributed by atoms with Crippen LogP contribution in [0.25, 0.3) is 0 Å². The summed E-state index contributed by atoms with van der Waals surface area (Å²) < 4.78 is 11.1. The van der Waals surface area contributed by atoms with Crippen LogP contribution in [0.5, 0.6) is 0 Å². The minimum Gasteiger partial charge on any atom is -0.545 e. The Balaban J connectivity index is 2.96. The average molecular weight is 364 g/mol. The van der Waals surface area contributed by atoms with Gasteiger partial charge in [0, 0.05) is 24.3 Å². The van der Waals surface area contributed by atoms with Crippen LogP contribution in [0, 0.1) is 0 Å². The molecule has 0 aliphatic heterocycles. The van der Waals surface area contributed by atoms with Crippen LogP contribution in [0.3, 0.4) is 0 Å². The molecule has 0 bridgehead atoms. The summed E-state index contributed by atoms with van der Waals surface area (Å²) in [4.78, 5) is 22.9. The lowest BCUT2D eigenvalue weighted by atomic mass is 9.92. The van der Waals surface area contributed by atoms with E-state index in [1.165, 1.54) is 6.07 Å². The van der Waals surface area contributed by atoms with Gasteiger partial charge >= 0.3 is 0 Å². The van der Waals surface area contributed by atoms with Crippen molar-refractivity contribution < 1.29 is 29.3 Å². The summed E-state index contributed by atoms with van der Waals surface area (Å²) in [6.07, 6.45) is 4.73. The third kappa shape index (κ3) is 7.14. The third-order valence-corrected chi connectivity index (χ3v) is 4.13. The molecule has 1 aromatic carbocycles. The van der Waals surface area contributed by atoms with E-state index in [-0.39, 0.29) is 11.1 Å². The lowest BCUT2D eigenvalue weighted by Crippen LogP contribution is -2.32. The molecule has 0 N–H and O–H groups in total. The molecule has 0 heterocycles. The average Bonchev–Trinajstić information content (AvgIpc) is 2.61. The molecule has 0 unspecified atom stereocenters. The smallest absolute Gasteiger partial charge is 0.0724 e. The van der Waals surface area contributed by atoms with Gasteiger partial charge in [0.1, 0.15) is 0 Å². The number of hydrogen-bond donors (Lipinski definition) is 0. The van der Waals surface area contributed by atoms with Gasteiger partial charge in [-0.05, 0) is 36.8 Å². The molecule has 26 heavy (non-hydrogen) atoms. The molecule has 6 heteroatoms. The Morgan fingerprint density at radius 2 is 1.42 bits per heavy atom. The predicted octanol–water partition coefficient (Wildman–Crippen LogP) is 1.13. The Kier molecular flexibility index (Phi) is 10.6. The van der Waals surface area contributed by atoms with Crippen molar-refractivity contribution in [1.82, 2.24) is 0 Å². The Morgan fingerprint density at radius 3 is 1.92 bits per heavy atom. The first-order chi connectivity index (χ1) is 12.5. The van der Waals surface area contributed by atoms with Gasteiger partial charge in [0.15, 0.2) is 0 Å². The predicted molar refractivity (Wildman–Crippen MR) is 94.0 cm³/mol. The number of carbonyl (C=O) groups is 2. The molecule has 0 fully saturated rings. The van der Waals surface area contributed by atoms with Gasteiger partial charge in [0.2, 0.25) is 0 Å². The fourth-order valence-electron chi connectivity index (χ4n) is 2.67. The minimum atomic E-state index is -1.52. The first kappa shape index (κ1) is 22.1. The maximum absolute atomic E-state index is 11.6. The Labute approximate surface area is 155 Å². The van der Waals surface area contributed by atoms with E-state index < -0.39 is 11.9 Å². The number of ether oxygens (including phenoxy) is 2. The molecule has 0 aliphatic rings. The van der Waals surface area contributed by atoms with Crippen LogP contribution in [-0.4, -0.2) is 38.4 Å². The molecule has 0 saturated carbocycles. The van der Waals surface area contributed by atoms with Gasteiger partial charge in [0.05, 0.1) is 25.2 Å². The van der Waals surface area contributed by atoms with Crippen LogP contribution in [0.1, 0.15) is 71.4 Å². The summed E-state index contributed by atoms with van der Waals surface area (Å²) in [5.74, 6) is -3.04. The SMILES string of the molecule is CCCCOCCc1ccc(C(=O)[O-])c(C(=O)[O-])c1CCOCCCC. The summed E-state index contributed by atoms with van der Waals surface area (Å²) in [5, 5.41) is 22.9. The van der Waals surface area contributed by atoms with Gasteiger partial charge in [0.25, 0.3) is 0 Å². The lowest BCUT2D eigenvalue weighted by Gasteiger charge is -2.20. The summed E-state index contributed by atoms with van der Waals surface area (Å²) >= 11 is 0. The van der Waals surface area contributed by atoms with Crippen LogP contribution in [0.2, 0.25) is 0 Å². The van der Waals surface area contributed by atoms with E-state index in [2.05, 4.69) is 13.8 Å². The van der Waals surface area contributed by atoms with Gasteiger partial charge in [-0.25, -0.2) is 0 Å². The molecule has 1 aromatic rings. The standard InChI is InChI=1S/C20H30O6/c1-3-5-11-25-13-9-15-7-8-17(19(21)22)18(20(23)24)16(15)10-14-26-12-6-4-2/h7-8H,3-6,9-14H2,1-2H3,(H,21,22)(H,23,24)/p-2. The molecule has 0 amide bonds. The summed E-state index contributed by atoms with van der Waals surface area (Å²) in [5.41, 5.74) is 0.506. The summed E-state index contributed by atoms with van der Waals surface area (Å²) in [6, 6.07) is 2.89. The Morgan fingerprint density at radius 1 is 0.846 bits per heavy atom. The highest BCUT2D eigenvalue weighted by atomic mass is 16.5. The van der Waals surface area contributed by atoms with Crippen LogP contribution in [0.15, 0.2) is 12.1 Å². The normalized spacial score (nSPS) is 10.8. The van der Waals surface area contributed by atoms with Gasteiger partial charge in [-0.1, -0.05) is 38.8 Å². The highest BCUT2D eigenvalue weighted by molar-refractivity contribution is 6.01. The van der Waals surface area contributed by atoms with E-state index in [0.717, 1.165) is 31.2 Å². The number of carboxylic acid groups (broad SMARTS) is 2. The molecule has 6 nitrogen and oxygen atoms in total. The number of aromatic carboxylic acids is 2. The fourth-order valence-corrected chi connectivity index (χ4v) is 2.67. The fraction of sp³-hybridized carbons (Fsp3) is 0.600. The molecular formula is C20H28O6-2. The van der Waals surface area contributed by atoms with Crippen molar-refractivity contribution in [2.75, 3.05) is 26.4 Å².